The molecule has 0 spiro atoms. The maximum Gasteiger partial charge on any atom is 0.137 e. The molecular weight excluding hydrogens is 769 g/mol. The number of anilines is 3. The van der Waals surface area contributed by atoms with Crippen LogP contribution in [0.25, 0.3) is 96.3 Å². The molecule has 12 rings (SSSR count). The maximum absolute atomic E-state index is 6.38. The van der Waals surface area contributed by atoms with Gasteiger partial charge in [-0.25, -0.2) is 4.98 Å². The number of aromatic nitrogens is 1. The summed E-state index contributed by atoms with van der Waals surface area (Å²) in [6.45, 7) is 0. The van der Waals surface area contributed by atoms with Crippen molar-refractivity contribution in [2.75, 3.05) is 4.90 Å². The Kier molecular flexibility index (Phi) is 8.22. The van der Waals surface area contributed by atoms with E-state index < -0.39 is 0 Å². The molecular formula is C55H34N2OS2. The highest BCUT2D eigenvalue weighted by atomic mass is 32.1. The molecule has 0 bridgehead atoms. The van der Waals surface area contributed by atoms with Gasteiger partial charge in [0.05, 0.1) is 15.6 Å². The van der Waals surface area contributed by atoms with Gasteiger partial charge in [-0.2, -0.15) is 0 Å². The molecule has 0 aliphatic heterocycles. The summed E-state index contributed by atoms with van der Waals surface area (Å²) >= 11 is 3.58. The Morgan fingerprint density at radius 1 is 0.367 bits per heavy atom. The molecule has 0 aliphatic carbocycles. The first-order valence-corrected chi connectivity index (χ1v) is 21.7. The van der Waals surface area contributed by atoms with Crippen LogP contribution in [0.3, 0.4) is 0 Å². The highest BCUT2D eigenvalue weighted by Crippen LogP contribution is 2.43. The highest BCUT2D eigenvalue weighted by molar-refractivity contribution is 7.26. The minimum atomic E-state index is 0.857. The second-order valence-corrected chi connectivity index (χ2v) is 17.2. The van der Waals surface area contributed by atoms with E-state index in [9.17, 15) is 0 Å². The number of fused-ring (bicyclic) bond motifs is 8. The fourth-order valence-electron chi connectivity index (χ4n) is 8.63. The van der Waals surface area contributed by atoms with Gasteiger partial charge in [0, 0.05) is 48.2 Å². The summed E-state index contributed by atoms with van der Waals surface area (Å²) in [5.74, 6) is 0. The Hall–Kier alpha value is -7.31. The van der Waals surface area contributed by atoms with E-state index in [4.69, 9.17) is 9.40 Å². The van der Waals surface area contributed by atoms with Gasteiger partial charge in [-0.15, -0.1) is 22.7 Å². The number of nitrogens with zero attached hydrogens (tertiary/aromatic N) is 2. The van der Waals surface area contributed by atoms with Gasteiger partial charge in [-0.3, -0.25) is 0 Å². The SMILES string of the molecule is c1ccc(-c2ccc(N(c3ccc(-c4ccc5oc6ccc7sc(-c8ccccc8)nc7c6c5c4)cc3)c3ccc(-c4cccc5sc6ccccc6c45)cc3)cc2)cc1. The lowest BCUT2D eigenvalue weighted by Gasteiger charge is -2.26. The zero-order valence-corrected chi connectivity index (χ0v) is 33.9. The van der Waals surface area contributed by atoms with E-state index in [2.05, 4.69) is 205 Å². The summed E-state index contributed by atoms with van der Waals surface area (Å²) in [6, 6.07) is 73.9. The first-order chi connectivity index (χ1) is 29.7. The molecule has 282 valence electrons. The van der Waals surface area contributed by atoms with Gasteiger partial charge in [0.1, 0.15) is 16.2 Å². The molecule has 0 unspecified atom stereocenters. The Morgan fingerprint density at radius 2 is 0.933 bits per heavy atom. The van der Waals surface area contributed by atoms with Crippen LogP contribution in [0.1, 0.15) is 0 Å². The number of rotatable bonds is 7. The van der Waals surface area contributed by atoms with Crippen LogP contribution in [0, 0.1) is 0 Å². The highest BCUT2D eigenvalue weighted by Gasteiger charge is 2.18. The topological polar surface area (TPSA) is 29.3 Å². The smallest absolute Gasteiger partial charge is 0.137 e. The van der Waals surface area contributed by atoms with E-state index in [1.807, 2.05) is 17.4 Å². The Morgan fingerprint density at radius 3 is 1.65 bits per heavy atom. The van der Waals surface area contributed by atoms with Crippen LogP contribution in [-0.4, -0.2) is 4.98 Å². The normalized spacial score (nSPS) is 11.7. The Bertz CT molecular complexity index is 3510. The summed E-state index contributed by atoms with van der Waals surface area (Å²) in [5.41, 5.74) is 14.2. The van der Waals surface area contributed by atoms with Crippen LogP contribution in [0.5, 0.6) is 0 Å². The van der Waals surface area contributed by atoms with Gasteiger partial charge in [0.15, 0.2) is 0 Å². The van der Waals surface area contributed by atoms with E-state index in [1.165, 1.54) is 42.4 Å². The van der Waals surface area contributed by atoms with Crippen molar-refractivity contribution in [1.82, 2.24) is 4.98 Å². The average Bonchev–Trinajstić information content (AvgIpc) is 4.04. The van der Waals surface area contributed by atoms with E-state index >= 15 is 0 Å². The van der Waals surface area contributed by atoms with Gasteiger partial charge < -0.3 is 9.32 Å². The van der Waals surface area contributed by atoms with Gasteiger partial charge in [-0.1, -0.05) is 133 Å². The number of furan rings is 1. The number of hydrogen-bond donors (Lipinski definition) is 0. The number of hydrogen-bond acceptors (Lipinski definition) is 5. The molecule has 0 fully saturated rings. The van der Waals surface area contributed by atoms with E-state index in [-0.39, 0.29) is 0 Å². The van der Waals surface area contributed by atoms with Gasteiger partial charge >= 0.3 is 0 Å². The molecule has 12 aromatic rings. The van der Waals surface area contributed by atoms with Crippen molar-refractivity contribution in [1.29, 1.82) is 0 Å². The van der Waals surface area contributed by atoms with Crippen molar-refractivity contribution < 1.29 is 4.42 Å². The summed E-state index contributed by atoms with van der Waals surface area (Å²) in [4.78, 5) is 7.49. The summed E-state index contributed by atoms with van der Waals surface area (Å²) in [7, 11) is 0. The van der Waals surface area contributed by atoms with E-state index in [0.717, 1.165) is 70.9 Å². The zero-order chi connectivity index (χ0) is 39.6. The molecule has 0 aliphatic rings. The average molecular weight is 803 g/mol. The van der Waals surface area contributed by atoms with Crippen LogP contribution in [0.15, 0.2) is 211 Å². The summed E-state index contributed by atoms with van der Waals surface area (Å²) < 4.78 is 10.2. The van der Waals surface area contributed by atoms with Crippen LogP contribution >= 0.6 is 22.7 Å². The second kappa shape index (κ2) is 14.2. The fraction of sp³-hybridized carbons (Fsp3) is 0. The monoisotopic (exact) mass is 802 g/mol. The molecule has 0 amide bonds. The quantitative estimate of drug-likeness (QED) is 0.161. The minimum absolute atomic E-state index is 0.857. The third-order valence-electron chi connectivity index (χ3n) is 11.5. The molecule has 3 aromatic heterocycles. The predicted octanol–water partition coefficient (Wildman–Crippen LogP) is 16.7. The summed E-state index contributed by atoms with van der Waals surface area (Å²) in [5, 5.41) is 5.79. The van der Waals surface area contributed by atoms with Crippen molar-refractivity contribution in [2.45, 2.75) is 0 Å². The van der Waals surface area contributed by atoms with Crippen LogP contribution in [0.4, 0.5) is 17.1 Å². The van der Waals surface area contributed by atoms with Gasteiger partial charge in [0.25, 0.3) is 0 Å². The lowest BCUT2D eigenvalue weighted by molar-refractivity contribution is 0.669. The van der Waals surface area contributed by atoms with Crippen molar-refractivity contribution in [3.05, 3.63) is 206 Å². The van der Waals surface area contributed by atoms with Crippen molar-refractivity contribution in [3.8, 4) is 44.0 Å². The van der Waals surface area contributed by atoms with E-state index in [1.54, 1.807) is 11.3 Å². The fourth-order valence-corrected chi connectivity index (χ4v) is 10.7. The van der Waals surface area contributed by atoms with Crippen molar-refractivity contribution >= 4 is 92.1 Å². The molecule has 5 heteroatoms. The zero-order valence-electron chi connectivity index (χ0n) is 32.2. The van der Waals surface area contributed by atoms with Crippen LogP contribution in [-0.2, 0) is 0 Å². The first-order valence-electron chi connectivity index (χ1n) is 20.1. The Labute approximate surface area is 354 Å². The van der Waals surface area contributed by atoms with Crippen LogP contribution < -0.4 is 4.90 Å². The predicted molar refractivity (Wildman–Crippen MR) is 256 cm³/mol. The maximum atomic E-state index is 6.38. The number of thiazole rings is 1. The largest absolute Gasteiger partial charge is 0.456 e. The second-order valence-electron chi connectivity index (χ2n) is 15.1. The van der Waals surface area contributed by atoms with Crippen molar-refractivity contribution in [2.24, 2.45) is 0 Å². The molecule has 9 aromatic carbocycles. The number of thiophene rings is 1. The lowest BCUT2D eigenvalue weighted by Crippen LogP contribution is -2.09. The Balaban J connectivity index is 0.930. The van der Waals surface area contributed by atoms with Gasteiger partial charge in [0.2, 0.25) is 0 Å². The molecule has 3 nitrogen and oxygen atoms in total. The summed E-state index contributed by atoms with van der Waals surface area (Å²) in [6.07, 6.45) is 0. The van der Waals surface area contributed by atoms with Gasteiger partial charge in [-0.05, 0) is 106 Å². The lowest BCUT2D eigenvalue weighted by atomic mass is 9.99. The molecule has 0 radical (unpaired) electrons. The number of benzene rings is 9. The molecule has 60 heavy (non-hydrogen) atoms. The molecule has 0 saturated heterocycles. The molecule has 0 N–H and O–H groups in total. The standard InChI is InChI=1S/C55H34N2OS2/c1-3-10-35(11-4-1)36-18-25-41(26-19-36)57(43-29-22-38(23-30-43)44-15-9-17-50-52(44)45-14-7-8-16-49(45)59-50)42-27-20-37(21-28-42)40-24-31-47-46(34-40)53-48(58-47)32-33-51-54(53)56-55(60-51)39-12-5-2-6-13-39/h1-34H. The third-order valence-corrected chi connectivity index (χ3v) is 13.7. The minimum Gasteiger partial charge on any atom is -0.456 e. The third kappa shape index (κ3) is 5.90. The molecule has 3 heterocycles. The molecule has 0 saturated carbocycles. The molecule has 0 atom stereocenters. The van der Waals surface area contributed by atoms with Crippen molar-refractivity contribution in [3.63, 3.8) is 0 Å². The van der Waals surface area contributed by atoms with E-state index in [0.29, 0.717) is 0 Å². The first kappa shape index (κ1) is 34.7. The van der Waals surface area contributed by atoms with Crippen LogP contribution in [0.2, 0.25) is 0 Å².